The SMILES string of the molecule is O=C(NCC12C=CC(O1)C1C(=O)N(c3ccccc3)C(=O)C12)c1cccs1. The Labute approximate surface area is 159 Å². The van der Waals surface area contributed by atoms with Crippen molar-refractivity contribution in [2.75, 3.05) is 11.4 Å². The normalized spacial score (nSPS) is 30.8. The summed E-state index contributed by atoms with van der Waals surface area (Å²) in [5.74, 6) is -1.88. The number of hydrogen-bond donors (Lipinski definition) is 1. The molecule has 1 aromatic heterocycles. The number of imide groups is 1. The summed E-state index contributed by atoms with van der Waals surface area (Å²) in [6.45, 7) is 0.152. The number of rotatable bonds is 4. The van der Waals surface area contributed by atoms with Crippen molar-refractivity contribution in [2.45, 2.75) is 11.7 Å². The van der Waals surface area contributed by atoms with E-state index >= 15 is 0 Å². The predicted octanol–water partition coefficient (Wildman–Crippen LogP) is 1.99. The number of nitrogens with one attached hydrogen (secondary N) is 1. The van der Waals surface area contributed by atoms with Crippen LogP contribution in [0.3, 0.4) is 0 Å². The zero-order chi connectivity index (χ0) is 18.6. The molecule has 7 heteroatoms. The van der Waals surface area contributed by atoms with E-state index in [9.17, 15) is 14.4 Å². The lowest BCUT2D eigenvalue weighted by atomic mass is 9.77. The molecule has 2 bridgehead atoms. The Balaban J connectivity index is 1.42. The minimum absolute atomic E-state index is 0.152. The molecule has 1 aromatic carbocycles. The summed E-state index contributed by atoms with van der Waals surface area (Å²) < 4.78 is 6.03. The van der Waals surface area contributed by atoms with Gasteiger partial charge in [-0.1, -0.05) is 36.4 Å². The summed E-state index contributed by atoms with van der Waals surface area (Å²) in [5.41, 5.74) is -0.405. The third-order valence-electron chi connectivity index (χ3n) is 5.44. The maximum Gasteiger partial charge on any atom is 0.261 e. The second kappa shape index (κ2) is 5.87. The standard InChI is InChI=1S/C20H16N2O4S/c23-17(14-7-4-10-27-14)21-11-20-9-8-13(26-20)15-16(20)19(25)22(18(15)24)12-5-2-1-3-6-12/h1-10,13,15-16H,11H2,(H,21,23). The Kier molecular flexibility index (Phi) is 3.57. The molecule has 3 amide bonds. The van der Waals surface area contributed by atoms with Crippen LogP contribution in [-0.2, 0) is 14.3 Å². The van der Waals surface area contributed by atoms with Gasteiger partial charge in [-0.05, 0) is 23.6 Å². The molecule has 4 unspecified atom stereocenters. The molecule has 0 saturated carbocycles. The van der Waals surface area contributed by atoms with Crippen LogP contribution in [-0.4, -0.2) is 36.0 Å². The Bertz CT molecular complexity index is 956. The molecule has 0 spiro atoms. The fraction of sp³-hybridized carbons (Fsp3) is 0.250. The molecule has 6 nitrogen and oxygen atoms in total. The number of carbonyl (C=O) groups is 3. The molecule has 1 N–H and O–H groups in total. The molecule has 2 aromatic rings. The first-order chi connectivity index (χ1) is 13.1. The van der Waals surface area contributed by atoms with Crippen molar-refractivity contribution < 1.29 is 19.1 Å². The summed E-state index contributed by atoms with van der Waals surface area (Å²) in [6.07, 6.45) is 3.23. The number of fused-ring (bicyclic) bond motifs is 5. The van der Waals surface area contributed by atoms with Gasteiger partial charge in [0.15, 0.2) is 0 Å². The molecule has 4 heterocycles. The van der Waals surface area contributed by atoms with E-state index in [4.69, 9.17) is 4.74 Å². The van der Waals surface area contributed by atoms with Crippen molar-refractivity contribution in [1.82, 2.24) is 5.32 Å². The number of amides is 3. The van der Waals surface area contributed by atoms with Crippen LogP contribution < -0.4 is 10.2 Å². The van der Waals surface area contributed by atoms with Gasteiger partial charge in [0, 0.05) is 0 Å². The third-order valence-corrected chi connectivity index (χ3v) is 6.31. The Morgan fingerprint density at radius 2 is 1.96 bits per heavy atom. The number of hydrogen-bond acceptors (Lipinski definition) is 5. The average Bonchev–Trinajstić information content (AvgIpc) is 3.44. The van der Waals surface area contributed by atoms with Crippen molar-refractivity contribution in [2.24, 2.45) is 11.8 Å². The van der Waals surface area contributed by atoms with E-state index in [1.54, 1.807) is 30.3 Å². The Morgan fingerprint density at radius 1 is 1.15 bits per heavy atom. The summed E-state index contributed by atoms with van der Waals surface area (Å²) in [7, 11) is 0. The molecule has 4 atom stereocenters. The van der Waals surface area contributed by atoms with Crippen molar-refractivity contribution in [3.8, 4) is 0 Å². The molecule has 0 radical (unpaired) electrons. The van der Waals surface area contributed by atoms with Crippen LogP contribution in [0.15, 0.2) is 60.0 Å². The van der Waals surface area contributed by atoms with Gasteiger partial charge in [-0.15, -0.1) is 11.3 Å². The zero-order valence-corrected chi connectivity index (χ0v) is 15.0. The van der Waals surface area contributed by atoms with Crippen molar-refractivity contribution >= 4 is 34.7 Å². The fourth-order valence-corrected chi connectivity index (χ4v) is 4.89. The Hall–Kier alpha value is -2.77. The van der Waals surface area contributed by atoms with E-state index in [0.29, 0.717) is 10.6 Å². The highest BCUT2D eigenvalue weighted by Crippen LogP contribution is 2.52. The highest BCUT2D eigenvalue weighted by molar-refractivity contribution is 7.12. The van der Waals surface area contributed by atoms with Crippen LogP contribution in [0.25, 0.3) is 0 Å². The van der Waals surface area contributed by atoms with Gasteiger partial charge in [-0.2, -0.15) is 0 Å². The lowest BCUT2D eigenvalue weighted by Gasteiger charge is -2.29. The highest BCUT2D eigenvalue weighted by atomic mass is 32.1. The van der Waals surface area contributed by atoms with Crippen LogP contribution >= 0.6 is 11.3 Å². The quantitative estimate of drug-likeness (QED) is 0.650. The van der Waals surface area contributed by atoms with Gasteiger partial charge in [0.1, 0.15) is 5.60 Å². The molecule has 5 rings (SSSR count). The predicted molar refractivity (Wildman–Crippen MR) is 99.3 cm³/mol. The van der Waals surface area contributed by atoms with E-state index in [1.807, 2.05) is 29.7 Å². The van der Waals surface area contributed by atoms with Gasteiger partial charge < -0.3 is 10.1 Å². The van der Waals surface area contributed by atoms with Gasteiger partial charge >= 0.3 is 0 Å². The smallest absolute Gasteiger partial charge is 0.261 e. The van der Waals surface area contributed by atoms with Crippen LogP contribution in [0, 0.1) is 11.8 Å². The second-order valence-electron chi connectivity index (χ2n) is 6.91. The molecular weight excluding hydrogens is 364 g/mol. The molecule has 0 aliphatic carbocycles. The van der Waals surface area contributed by atoms with Crippen LogP contribution in [0.4, 0.5) is 5.69 Å². The van der Waals surface area contributed by atoms with Gasteiger partial charge in [0.2, 0.25) is 11.8 Å². The number of ether oxygens (including phenoxy) is 1. The minimum atomic E-state index is -0.974. The number of carbonyl (C=O) groups excluding carboxylic acids is 3. The zero-order valence-electron chi connectivity index (χ0n) is 14.2. The minimum Gasteiger partial charge on any atom is -0.360 e. The average molecular weight is 380 g/mol. The van der Waals surface area contributed by atoms with Crippen molar-refractivity contribution in [3.05, 3.63) is 64.9 Å². The lowest BCUT2D eigenvalue weighted by molar-refractivity contribution is -0.126. The topological polar surface area (TPSA) is 75.7 Å². The van der Waals surface area contributed by atoms with Gasteiger partial charge in [-0.25, -0.2) is 4.90 Å². The molecule has 2 saturated heterocycles. The van der Waals surface area contributed by atoms with E-state index in [2.05, 4.69) is 5.32 Å². The third kappa shape index (κ3) is 2.32. The molecule has 3 aliphatic rings. The first-order valence-electron chi connectivity index (χ1n) is 8.72. The van der Waals surface area contributed by atoms with E-state index < -0.39 is 23.5 Å². The monoisotopic (exact) mass is 380 g/mol. The maximum absolute atomic E-state index is 13.1. The lowest BCUT2D eigenvalue weighted by Crippen LogP contribution is -2.48. The second-order valence-corrected chi connectivity index (χ2v) is 7.86. The molecule has 136 valence electrons. The Morgan fingerprint density at radius 3 is 2.70 bits per heavy atom. The fourth-order valence-electron chi connectivity index (χ4n) is 4.25. The van der Waals surface area contributed by atoms with Gasteiger partial charge in [-0.3, -0.25) is 14.4 Å². The number of anilines is 1. The van der Waals surface area contributed by atoms with Crippen LogP contribution in [0.1, 0.15) is 9.67 Å². The number of para-hydroxylation sites is 1. The summed E-state index contributed by atoms with van der Waals surface area (Å²) >= 11 is 1.35. The number of thiophene rings is 1. The first kappa shape index (κ1) is 16.4. The van der Waals surface area contributed by atoms with E-state index in [-0.39, 0.29) is 24.3 Å². The van der Waals surface area contributed by atoms with Gasteiger partial charge in [0.05, 0.1) is 35.0 Å². The summed E-state index contributed by atoms with van der Waals surface area (Å²) in [4.78, 5) is 40.3. The molecule has 3 aliphatic heterocycles. The molecule has 27 heavy (non-hydrogen) atoms. The summed E-state index contributed by atoms with van der Waals surface area (Å²) in [6, 6.07) is 12.5. The van der Waals surface area contributed by atoms with Crippen LogP contribution in [0.2, 0.25) is 0 Å². The largest absolute Gasteiger partial charge is 0.360 e. The van der Waals surface area contributed by atoms with Crippen LogP contribution in [0.5, 0.6) is 0 Å². The number of nitrogens with zero attached hydrogens (tertiary/aromatic N) is 1. The van der Waals surface area contributed by atoms with Gasteiger partial charge in [0.25, 0.3) is 5.91 Å². The van der Waals surface area contributed by atoms with E-state index in [1.165, 1.54) is 16.2 Å². The van der Waals surface area contributed by atoms with Crippen molar-refractivity contribution in [1.29, 1.82) is 0 Å². The maximum atomic E-state index is 13.1. The highest BCUT2D eigenvalue weighted by Gasteiger charge is 2.67. The molecule has 2 fully saturated rings. The van der Waals surface area contributed by atoms with Crippen molar-refractivity contribution in [3.63, 3.8) is 0 Å². The molecular formula is C20H16N2O4S. The van der Waals surface area contributed by atoms with E-state index in [0.717, 1.165) is 0 Å². The number of benzene rings is 1. The summed E-state index contributed by atoms with van der Waals surface area (Å²) in [5, 5.41) is 4.69. The first-order valence-corrected chi connectivity index (χ1v) is 9.60.